The molecule has 5 nitrogen and oxygen atoms in total. The molecule has 0 saturated heterocycles. The number of rotatable bonds is 4. The summed E-state index contributed by atoms with van der Waals surface area (Å²) in [5, 5.41) is 24.7. The highest BCUT2D eigenvalue weighted by molar-refractivity contribution is 5.87. The molecule has 0 unspecified atom stereocenters. The zero-order valence-electron chi connectivity index (χ0n) is 13.7. The highest BCUT2D eigenvalue weighted by atomic mass is 16.3. The van der Waals surface area contributed by atoms with E-state index < -0.39 is 6.10 Å². The fourth-order valence-corrected chi connectivity index (χ4v) is 3.68. The summed E-state index contributed by atoms with van der Waals surface area (Å²) in [7, 11) is 0. The third kappa shape index (κ3) is 2.92. The maximum atomic E-state index is 11.5. The Morgan fingerprint density at radius 2 is 2.00 bits per heavy atom. The zero-order chi connectivity index (χ0) is 17.4. The van der Waals surface area contributed by atoms with Crippen LogP contribution in [-0.2, 0) is 6.42 Å². The first-order valence-corrected chi connectivity index (χ1v) is 8.47. The molecule has 0 amide bonds. The standard InChI is InChI=1S/C20H20N2O3/c23-17-9-6-14(15-7-10-19(25)22-20(15)17)18(24)11-21-16-8-5-12-3-1-2-4-13(12)16/h1-4,6-7,9-10,16,18,21,23-24H,5,8,11H2,(H,22,25)/t16-,18-/m0/s1. The van der Waals surface area contributed by atoms with E-state index in [-0.39, 0.29) is 17.4 Å². The normalized spacial score (nSPS) is 17.6. The van der Waals surface area contributed by atoms with Crippen LogP contribution in [-0.4, -0.2) is 21.7 Å². The molecule has 0 saturated carbocycles. The Morgan fingerprint density at radius 1 is 1.16 bits per heavy atom. The molecule has 0 spiro atoms. The average molecular weight is 336 g/mol. The van der Waals surface area contributed by atoms with Gasteiger partial charge in [-0.3, -0.25) is 4.79 Å². The monoisotopic (exact) mass is 336 g/mol. The molecule has 3 aromatic rings. The molecule has 2 aromatic carbocycles. The van der Waals surface area contributed by atoms with Crippen LogP contribution in [0.5, 0.6) is 5.75 Å². The lowest BCUT2D eigenvalue weighted by molar-refractivity contribution is 0.171. The highest BCUT2D eigenvalue weighted by Crippen LogP contribution is 2.32. The zero-order valence-corrected chi connectivity index (χ0v) is 13.7. The Kier molecular flexibility index (Phi) is 4.03. The quantitative estimate of drug-likeness (QED) is 0.590. The molecule has 0 bridgehead atoms. The van der Waals surface area contributed by atoms with E-state index in [0.29, 0.717) is 23.0 Å². The summed E-state index contributed by atoms with van der Waals surface area (Å²) >= 11 is 0. The maximum absolute atomic E-state index is 11.5. The van der Waals surface area contributed by atoms with Crippen molar-refractivity contribution in [3.05, 3.63) is 75.6 Å². The fraction of sp³-hybridized carbons (Fsp3) is 0.250. The van der Waals surface area contributed by atoms with Gasteiger partial charge in [0.05, 0.1) is 11.6 Å². The molecule has 4 rings (SSSR count). The summed E-state index contributed by atoms with van der Waals surface area (Å²) in [6.07, 6.45) is 1.34. The van der Waals surface area contributed by atoms with Gasteiger partial charge in [-0.1, -0.05) is 30.3 Å². The van der Waals surface area contributed by atoms with Crippen LogP contribution in [0.3, 0.4) is 0 Å². The Bertz CT molecular complexity index is 980. The minimum atomic E-state index is -0.734. The smallest absolute Gasteiger partial charge is 0.248 e. The van der Waals surface area contributed by atoms with E-state index in [1.807, 2.05) is 6.07 Å². The topological polar surface area (TPSA) is 85.3 Å². The second kappa shape index (κ2) is 6.35. The van der Waals surface area contributed by atoms with Gasteiger partial charge in [-0.05, 0) is 41.7 Å². The van der Waals surface area contributed by atoms with Gasteiger partial charge in [0.1, 0.15) is 5.75 Å². The van der Waals surface area contributed by atoms with Crippen molar-refractivity contribution in [3.63, 3.8) is 0 Å². The molecular weight excluding hydrogens is 316 g/mol. The Labute approximate surface area is 145 Å². The first-order chi connectivity index (χ1) is 12.1. The van der Waals surface area contributed by atoms with Gasteiger partial charge in [0.15, 0.2) is 0 Å². The molecule has 1 aliphatic rings. The van der Waals surface area contributed by atoms with E-state index >= 15 is 0 Å². The Hall–Kier alpha value is -2.63. The lowest BCUT2D eigenvalue weighted by Crippen LogP contribution is -2.25. The Balaban J connectivity index is 1.56. The SMILES string of the molecule is O=c1ccc2c([C@@H](O)CN[C@H]3CCc4ccccc43)ccc(O)c2[nH]1. The molecule has 0 aliphatic heterocycles. The van der Waals surface area contributed by atoms with Gasteiger partial charge in [-0.15, -0.1) is 0 Å². The molecule has 1 heterocycles. The lowest BCUT2D eigenvalue weighted by Gasteiger charge is -2.19. The minimum absolute atomic E-state index is 0.00123. The molecule has 0 fully saturated rings. The van der Waals surface area contributed by atoms with Crippen molar-refractivity contribution in [1.82, 2.24) is 10.3 Å². The van der Waals surface area contributed by atoms with Crippen molar-refractivity contribution in [2.75, 3.05) is 6.54 Å². The van der Waals surface area contributed by atoms with Crippen LogP contribution in [0.15, 0.2) is 53.3 Å². The predicted molar refractivity (Wildman–Crippen MR) is 96.7 cm³/mol. The molecule has 2 atom stereocenters. The summed E-state index contributed by atoms with van der Waals surface area (Å²) in [5.41, 5.74) is 3.42. The van der Waals surface area contributed by atoms with Crippen LogP contribution < -0.4 is 10.9 Å². The van der Waals surface area contributed by atoms with Gasteiger partial charge in [0.25, 0.3) is 0 Å². The van der Waals surface area contributed by atoms with Gasteiger partial charge in [-0.2, -0.15) is 0 Å². The van der Waals surface area contributed by atoms with E-state index in [4.69, 9.17) is 0 Å². The number of phenols is 1. The number of pyridine rings is 1. The maximum Gasteiger partial charge on any atom is 0.248 e. The first kappa shape index (κ1) is 15.9. The first-order valence-electron chi connectivity index (χ1n) is 8.47. The number of benzene rings is 2. The third-order valence-electron chi connectivity index (χ3n) is 4.96. The summed E-state index contributed by atoms with van der Waals surface area (Å²) in [6.45, 7) is 0.401. The number of aliphatic hydroxyl groups excluding tert-OH is 1. The molecule has 1 aromatic heterocycles. The molecule has 128 valence electrons. The summed E-state index contributed by atoms with van der Waals surface area (Å²) in [5.74, 6) is 0.00123. The van der Waals surface area contributed by atoms with Gasteiger partial charge in [-0.25, -0.2) is 0 Å². The molecular formula is C20H20N2O3. The average Bonchev–Trinajstić information content (AvgIpc) is 3.04. The number of aryl methyl sites for hydroxylation is 1. The molecule has 25 heavy (non-hydrogen) atoms. The number of hydrogen-bond donors (Lipinski definition) is 4. The number of aromatic amines is 1. The van der Waals surface area contributed by atoms with Gasteiger partial charge in [0, 0.05) is 24.0 Å². The number of aliphatic hydroxyl groups is 1. The highest BCUT2D eigenvalue weighted by Gasteiger charge is 2.23. The van der Waals surface area contributed by atoms with Crippen LogP contribution in [0.25, 0.3) is 10.9 Å². The van der Waals surface area contributed by atoms with Crippen LogP contribution in [0.2, 0.25) is 0 Å². The number of aromatic nitrogens is 1. The van der Waals surface area contributed by atoms with Crippen LogP contribution in [0.4, 0.5) is 0 Å². The second-order valence-electron chi connectivity index (χ2n) is 6.50. The fourth-order valence-electron chi connectivity index (χ4n) is 3.68. The van der Waals surface area contributed by atoms with E-state index in [9.17, 15) is 15.0 Å². The molecule has 0 radical (unpaired) electrons. The van der Waals surface area contributed by atoms with Crippen molar-refractivity contribution < 1.29 is 10.2 Å². The number of phenolic OH excluding ortho intramolecular Hbond substituents is 1. The molecule has 1 aliphatic carbocycles. The van der Waals surface area contributed by atoms with Crippen molar-refractivity contribution in [3.8, 4) is 5.75 Å². The van der Waals surface area contributed by atoms with Crippen molar-refractivity contribution >= 4 is 10.9 Å². The number of aromatic hydroxyl groups is 1. The Morgan fingerprint density at radius 3 is 2.88 bits per heavy atom. The molecule has 5 heteroatoms. The number of fused-ring (bicyclic) bond motifs is 2. The van der Waals surface area contributed by atoms with E-state index in [2.05, 4.69) is 28.5 Å². The number of hydrogen-bond acceptors (Lipinski definition) is 4. The van der Waals surface area contributed by atoms with Crippen LogP contribution in [0.1, 0.15) is 35.3 Å². The molecule has 4 N–H and O–H groups in total. The third-order valence-corrected chi connectivity index (χ3v) is 4.96. The largest absolute Gasteiger partial charge is 0.506 e. The van der Waals surface area contributed by atoms with Gasteiger partial charge in [0.2, 0.25) is 5.56 Å². The van der Waals surface area contributed by atoms with E-state index in [1.165, 1.54) is 23.3 Å². The lowest BCUT2D eigenvalue weighted by atomic mass is 10.0. The van der Waals surface area contributed by atoms with Crippen molar-refractivity contribution in [2.45, 2.75) is 25.0 Å². The van der Waals surface area contributed by atoms with Crippen LogP contribution in [0, 0.1) is 0 Å². The number of nitrogens with one attached hydrogen (secondary N) is 2. The predicted octanol–water partition coefficient (Wildman–Crippen LogP) is 2.54. The second-order valence-corrected chi connectivity index (χ2v) is 6.50. The van der Waals surface area contributed by atoms with E-state index in [0.717, 1.165) is 12.8 Å². The summed E-state index contributed by atoms with van der Waals surface area (Å²) < 4.78 is 0. The summed E-state index contributed by atoms with van der Waals surface area (Å²) in [4.78, 5) is 14.1. The van der Waals surface area contributed by atoms with Gasteiger partial charge < -0.3 is 20.5 Å². The summed E-state index contributed by atoms with van der Waals surface area (Å²) in [6, 6.07) is 14.9. The minimum Gasteiger partial charge on any atom is -0.506 e. The van der Waals surface area contributed by atoms with E-state index in [1.54, 1.807) is 12.1 Å². The van der Waals surface area contributed by atoms with Crippen LogP contribution >= 0.6 is 0 Å². The van der Waals surface area contributed by atoms with Crippen molar-refractivity contribution in [1.29, 1.82) is 0 Å². The van der Waals surface area contributed by atoms with Gasteiger partial charge >= 0.3 is 0 Å². The van der Waals surface area contributed by atoms with Crippen molar-refractivity contribution in [2.24, 2.45) is 0 Å². The number of H-pyrrole nitrogens is 1.